The van der Waals surface area contributed by atoms with Gasteiger partial charge in [-0.25, -0.2) is 0 Å². The van der Waals surface area contributed by atoms with Gasteiger partial charge in [-0.05, 0) is 42.6 Å². The van der Waals surface area contributed by atoms with Gasteiger partial charge in [-0.3, -0.25) is 9.80 Å². The lowest BCUT2D eigenvalue weighted by molar-refractivity contribution is 0.0905. The number of nitrogens with zero attached hydrogens (tertiary/aromatic N) is 3. The van der Waals surface area contributed by atoms with E-state index in [0.29, 0.717) is 6.04 Å². The maximum absolute atomic E-state index is 2.60. The quantitative estimate of drug-likeness (QED) is 0.710. The standard InChI is InChI=1S/C22H27N3/c1-3-25-12-11-20-10-9-18(15-21(20)25)16-24-14-13-23(2)22(17-24)19-7-5-4-6-8-19/h4-12,15,22H,3,13-14,16-17H2,1-2H3/t22-/m1/s1. The summed E-state index contributed by atoms with van der Waals surface area (Å²) in [5.41, 5.74) is 4.19. The summed E-state index contributed by atoms with van der Waals surface area (Å²) >= 11 is 0. The summed E-state index contributed by atoms with van der Waals surface area (Å²) in [6, 6.07) is 20.5. The van der Waals surface area contributed by atoms with Gasteiger partial charge in [0.1, 0.15) is 0 Å². The predicted molar refractivity (Wildman–Crippen MR) is 105 cm³/mol. The lowest BCUT2D eigenvalue weighted by Crippen LogP contribution is -2.46. The van der Waals surface area contributed by atoms with Crippen LogP contribution >= 0.6 is 0 Å². The number of benzene rings is 2. The van der Waals surface area contributed by atoms with Crippen LogP contribution < -0.4 is 0 Å². The molecule has 1 saturated heterocycles. The van der Waals surface area contributed by atoms with Gasteiger partial charge in [-0.1, -0.05) is 42.5 Å². The van der Waals surface area contributed by atoms with E-state index in [2.05, 4.69) is 89.1 Å². The van der Waals surface area contributed by atoms with Crippen LogP contribution in [0.5, 0.6) is 0 Å². The fourth-order valence-corrected chi connectivity index (χ4v) is 3.97. The Labute approximate surface area is 150 Å². The summed E-state index contributed by atoms with van der Waals surface area (Å²) in [7, 11) is 2.25. The van der Waals surface area contributed by atoms with Crippen LogP contribution in [0.4, 0.5) is 0 Å². The second-order valence-corrected chi connectivity index (χ2v) is 7.14. The molecule has 0 N–H and O–H groups in total. The van der Waals surface area contributed by atoms with E-state index in [0.717, 1.165) is 32.7 Å². The van der Waals surface area contributed by atoms with Crippen molar-refractivity contribution in [1.82, 2.24) is 14.4 Å². The Hall–Kier alpha value is -2.10. The first-order valence-corrected chi connectivity index (χ1v) is 9.30. The molecule has 2 aromatic carbocycles. The number of hydrogen-bond donors (Lipinski definition) is 0. The molecule has 2 heterocycles. The molecule has 0 amide bonds. The molecule has 3 nitrogen and oxygen atoms in total. The smallest absolute Gasteiger partial charge is 0.0483 e. The zero-order valence-electron chi connectivity index (χ0n) is 15.2. The average Bonchev–Trinajstić information content (AvgIpc) is 3.06. The molecular weight excluding hydrogens is 306 g/mol. The summed E-state index contributed by atoms with van der Waals surface area (Å²) in [4.78, 5) is 5.08. The largest absolute Gasteiger partial charge is 0.348 e. The van der Waals surface area contributed by atoms with E-state index < -0.39 is 0 Å². The Morgan fingerprint density at radius 1 is 1.00 bits per heavy atom. The normalized spacial score (nSPS) is 19.5. The van der Waals surface area contributed by atoms with E-state index in [1.54, 1.807) is 0 Å². The monoisotopic (exact) mass is 333 g/mol. The van der Waals surface area contributed by atoms with Crippen LogP contribution in [0.25, 0.3) is 10.9 Å². The van der Waals surface area contributed by atoms with Crippen molar-refractivity contribution in [3.8, 4) is 0 Å². The molecule has 25 heavy (non-hydrogen) atoms. The molecule has 1 fully saturated rings. The summed E-state index contributed by atoms with van der Waals surface area (Å²) in [6.45, 7) is 7.60. The highest BCUT2D eigenvalue weighted by atomic mass is 15.3. The zero-order valence-corrected chi connectivity index (χ0v) is 15.2. The van der Waals surface area contributed by atoms with Crippen LogP contribution in [0.15, 0.2) is 60.8 Å². The van der Waals surface area contributed by atoms with Gasteiger partial charge in [0, 0.05) is 50.5 Å². The number of aromatic nitrogens is 1. The van der Waals surface area contributed by atoms with E-state index in [1.807, 2.05) is 0 Å². The number of likely N-dealkylation sites (N-methyl/N-ethyl adjacent to an activating group) is 1. The van der Waals surface area contributed by atoms with Crippen LogP contribution in [0.2, 0.25) is 0 Å². The molecule has 0 aliphatic carbocycles. The number of fused-ring (bicyclic) bond motifs is 1. The second-order valence-electron chi connectivity index (χ2n) is 7.14. The Bertz CT molecular complexity index is 837. The van der Waals surface area contributed by atoms with E-state index in [1.165, 1.54) is 22.0 Å². The molecule has 4 rings (SSSR count). The van der Waals surface area contributed by atoms with Crippen molar-refractivity contribution in [2.45, 2.75) is 26.1 Å². The van der Waals surface area contributed by atoms with Crippen LogP contribution in [0.1, 0.15) is 24.1 Å². The molecule has 1 atom stereocenters. The Kier molecular flexibility index (Phi) is 4.60. The van der Waals surface area contributed by atoms with Crippen molar-refractivity contribution < 1.29 is 0 Å². The maximum atomic E-state index is 2.60. The van der Waals surface area contributed by atoms with Crippen LogP contribution in [0.3, 0.4) is 0 Å². The molecule has 0 spiro atoms. The van der Waals surface area contributed by atoms with Crippen molar-refractivity contribution in [2.75, 3.05) is 26.7 Å². The summed E-state index contributed by atoms with van der Waals surface area (Å²) in [5.74, 6) is 0. The van der Waals surface area contributed by atoms with Crippen molar-refractivity contribution in [2.24, 2.45) is 0 Å². The van der Waals surface area contributed by atoms with E-state index in [4.69, 9.17) is 0 Å². The number of hydrogen-bond acceptors (Lipinski definition) is 2. The molecule has 0 bridgehead atoms. The summed E-state index contributed by atoms with van der Waals surface area (Å²) < 4.78 is 2.33. The molecule has 1 aliphatic rings. The Morgan fingerprint density at radius 2 is 1.84 bits per heavy atom. The Balaban J connectivity index is 1.52. The number of rotatable bonds is 4. The van der Waals surface area contributed by atoms with Gasteiger partial charge in [-0.2, -0.15) is 0 Å². The van der Waals surface area contributed by atoms with Gasteiger partial charge in [0.25, 0.3) is 0 Å². The zero-order chi connectivity index (χ0) is 17.2. The number of piperazine rings is 1. The first kappa shape index (κ1) is 16.4. The van der Waals surface area contributed by atoms with Gasteiger partial charge in [0.05, 0.1) is 0 Å². The topological polar surface area (TPSA) is 11.4 Å². The van der Waals surface area contributed by atoms with Crippen LogP contribution in [-0.4, -0.2) is 41.0 Å². The maximum Gasteiger partial charge on any atom is 0.0483 e. The minimum absolute atomic E-state index is 0.484. The minimum atomic E-state index is 0.484. The predicted octanol–water partition coefficient (Wildman–Crippen LogP) is 4.15. The highest BCUT2D eigenvalue weighted by Gasteiger charge is 2.25. The lowest BCUT2D eigenvalue weighted by atomic mass is 10.0. The molecule has 1 aromatic heterocycles. The first-order chi connectivity index (χ1) is 12.2. The third kappa shape index (κ3) is 3.35. The fraction of sp³-hybridized carbons (Fsp3) is 0.364. The van der Waals surface area contributed by atoms with Gasteiger partial charge in [0.2, 0.25) is 0 Å². The summed E-state index contributed by atoms with van der Waals surface area (Å²) in [5, 5.41) is 1.34. The molecule has 3 aromatic rings. The third-order valence-electron chi connectivity index (χ3n) is 5.50. The van der Waals surface area contributed by atoms with Crippen molar-refractivity contribution >= 4 is 10.9 Å². The second kappa shape index (κ2) is 7.03. The Morgan fingerprint density at radius 3 is 2.64 bits per heavy atom. The molecule has 0 radical (unpaired) electrons. The van der Waals surface area contributed by atoms with Crippen molar-refractivity contribution in [1.29, 1.82) is 0 Å². The fourth-order valence-electron chi connectivity index (χ4n) is 3.97. The minimum Gasteiger partial charge on any atom is -0.348 e. The van der Waals surface area contributed by atoms with Crippen LogP contribution in [0, 0.1) is 0 Å². The highest BCUT2D eigenvalue weighted by Crippen LogP contribution is 2.25. The third-order valence-corrected chi connectivity index (χ3v) is 5.50. The van der Waals surface area contributed by atoms with E-state index in [-0.39, 0.29) is 0 Å². The van der Waals surface area contributed by atoms with Gasteiger partial charge >= 0.3 is 0 Å². The first-order valence-electron chi connectivity index (χ1n) is 9.30. The van der Waals surface area contributed by atoms with Gasteiger partial charge < -0.3 is 4.57 Å². The van der Waals surface area contributed by atoms with Gasteiger partial charge in [0.15, 0.2) is 0 Å². The molecule has 0 unspecified atom stereocenters. The highest BCUT2D eigenvalue weighted by molar-refractivity contribution is 5.80. The van der Waals surface area contributed by atoms with Crippen LogP contribution in [-0.2, 0) is 13.1 Å². The van der Waals surface area contributed by atoms with Crippen molar-refractivity contribution in [3.63, 3.8) is 0 Å². The lowest BCUT2D eigenvalue weighted by Gasteiger charge is -2.39. The molecule has 3 heteroatoms. The SMILES string of the molecule is CCn1ccc2ccc(CN3CCN(C)[C@@H](c4ccccc4)C3)cc21. The molecular formula is C22H27N3. The van der Waals surface area contributed by atoms with Gasteiger partial charge in [-0.15, -0.1) is 0 Å². The van der Waals surface area contributed by atoms with E-state index >= 15 is 0 Å². The summed E-state index contributed by atoms with van der Waals surface area (Å²) in [6.07, 6.45) is 2.19. The number of aryl methyl sites for hydroxylation is 1. The molecule has 130 valence electrons. The van der Waals surface area contributed by atoms with Crippen molar-refractivity contribution in [3.05, 3.63) is 71.9 Å². The average molecular weight is 333 g/mol. The molecule has 0 saturated carbocycles. The molecule has 1 aliphatic heterocycles. The van der Waals surface area contributed by atoms with E-state index in [9.17, 15) is 0 Å².